The van der Waals surface area contributed by atoms with Crippen molar-refractivity contribution in [3.63, 3.8) is 0 Å². The Balaban J connectivity index is 1.92. The van der Waals surface area contributed by atoms with Crippen molar-refractivity contribution in [1.29, 1.82) is 0 Å². The number of aliphatic hydroxyl groups excluding tert-OH is 3. The summed E-state index contributed by atoms with van der Waals surface area (Å²) >= 11 is 0. The molecule has 0 unspecified atom stereocenters. The van der Waals surface area contributed by atoms with Gasteiger partial charge in [0.1, 0.15) is 24.0 Å². The minimum Gasteiger partial charge on any atom is -0.394 e. The van der Waals surface area contributed by atoms with Gasteiger partial charge >= 0.3 is 0 Å². The van der Waals surface area contributed by atoms with Gasteiger partial charge in [0, 0.05) is 0 Å². The fourth-order valence-electron chi connectivity index (χ4n) is 1.75. The van der Waals surface area contributed by atoms with Crippen LogP contribution in [0, 0.1) is 0 Å². The molecule has 2 heterocycles. The first-order valence-corrected chi connectivity index (χ1v) is 5.06. The third-order valence-corrected chi connectivity index (χ3v) is 2.88. The molecule has 2 fully saturated rings. The average molecular weight is 219 g/mol. The number of ether oxygens (including phenoxy) is 2. The van der Waals surface area contributed by atoms with E-state index in [4.69, 9.17) is 14.6 Å². The van der Waals surface area contributed by atoms with Crippen LogP contribution in [0.2, 0.25) is 0 Å². The number of aliphatic hydroxyl groups is 3. The van der Waals surface area contributed by atoms with Crippen LogP contribution in [0.25, 0.3) is 0 Å². The van der Waals surface area contributed by atoms with Gasteiger partial charge in [-0.3, -0.25) is 5.32 Å². The second-order valence-electron chi connectivity index (χ2n) is 4.31. The highest BCUT2D eigenvalue weighted by Gasteiger charge is 2.46. The van der Waals surface area contributed by atoms with Crippen LogP contribution in [-0.4, -0.2) is 65.2 Å². The number of rotatable bonds is 3. The van der Waals surface area contributed by atoms with E-state index >= 15 is 0 Å². The Bertz CT molecular complexity index is 233. The van der Waals surface area contributed by atoms with Crippen molar-refractivity contribution in [3.05, 3.63) is 0 Å². The summed E-state index contributed by atoms with van der Waals surface area (Å²) in [5.41, 5.74) is -0.402. The molecule has 0 spiro atoms. The van der Waals surface area contributed by atoms with Crippen molar-refractivity contribution < 1.29 is 24.8 Å². The van der Waals surface area contributed by atoms with Gasteiger partial charge in [0.25, 0.3) is 0 Å². The monoisotopic (exact) mass is 219 g/mol. The molecule has 6 heteroatoms. The zero-order chi connectivity index (χ0) is 11.1. The topological polar surface area (TPSA) is 94.5 Å². The van der Waals surface area contributed by atoms with Gasteiger partial charge in [-0.2, -0.15) is 0 Å². The number of epoxide rings is 1. The molecule has 0 saturated carbocycles. The lowest BCUT2D eigenvalue weighted by Crippen LogP contribution is -2.61. The highest BCUT2D eigenvalue weighted by molar-refractivity contribution is 4.96. The summed E-state index contributed by atoms with van der Waals surface area (Å²) in [5.74, 6) is 0. The summed E-state index contributed by atoms with van der Waals surface area (Å²) in [6.45, 7) is 2.42. The average Bonchev–Trinajstić information content (AvgIpc) is 2.92. The normalized spacial score (nSPS) is 50.4. The standard InChI is InChI=1S/C9H17NO5/c1-9(4-15-9)10-5-3-14-6(2-11)8(13)7(5)12/h5-8,10-13H,2-4H2,1H3/t5-,6+,7+,8+,9+/m0/s1. The van der Waals surface area contributed by atoms with Crippen molar-refractivity contribution in [2.75, 3.05) is 19.8 Å². The van der Waals surface area contributed by atoms with Crippen LogP contribution in [0.15, 0.2) is 0 Å². The molecular weight excluding hydrogens is 202 g/mol. The first-order chi connectivity index (χ1) is 7.06. The van der Waals surface area contributed by atoms with E-state index in [2.05, 4.69) is 5.32 Å². The van der Waals surface area contributed by atoms with E-state index in [0.29, 0.717) is 6.61 Å². The van der Waals surface area contributed by atoms with Gasteiger partial charge in [-0.25, -0.2) is 0 Å². The van der Waals surface area contributed by atoms with Crippen LogP contribution in [0.5, 0.6) is 0 Å². The van der Waals surface area contributed by atoms with Crippen molar-refractivity contribution in [2.45, 2.75) is 37.0 Å². The maximum atomic E-state index is 9.77. The van der Waals surface area contributed by atoms with Gasteiger partial charge in [-0.1, -0.05) is 0 Å². The molecular formula is C9H17NO5. The van der Waals surface area contributed by atoms with E-state index in [-0.39, 0.29) is 19.3 Å². The van der Waals surface area contributed by atoms with Crippen LogP contribution in [0.4, 0.5) is 0 Å². The first-order valence-electron chi connectivity index (χ1n) is 5.06. The SMILES string of the molecule is C[C@]1(N[C@H]2CO[C@H](CO)[C@@H](O)[C@@H]2O)CO1. The maximum Gasteiger partial charge on any atom is 0.140 e. The third-order valence-electron chi connectivity index (χ3n) is 2.88. The lowest BCUT2D eigenvalue weighted by Gasteiger charge is -2.38. The molecule has 0 amide bonds. The predicted molar refractivity (Wildman–Crippen MR) is 50.1 cm³/mol. The van der Waals surface area contributed by atoms with Crippen LogP contribution in [0.3, 0.4) is 0 Å². The molecule has 5 atom stereocenters. The summed E-state index contributed by atoms with van der Waals surface area (Å²) < 4.78 is 10.3. The van der Waals surface area contributed by atoms with Crippen LogP contribution < -0.4 is 5.32 Å². The molecule has 2 aliphatic rings. The highest BCUT2D eigenvalue weighted by atomic mass is 16.6. The molecule has 2 saturated heterocycles. The van der Waals surface area contributed by atoms with Gasteiger partial charge in [0.15, 0.2) is 0 Å². The van der Waals surface area contributed by atoms with Crippen molar-refractivity contribution >= 4 is 0 Å². The van der Waals surface area contributed by atoms with Crippen LogP contribution in [0.1, 0.15) is 6.92 Å². The molecule has 2 aliphatic heterocycles. The summed E-state index contributed by atoms with van der Waals surface area (Å²) in [7, 11) is 0. The Labute approximate surface area is 87.8 Å². The molecule has 0 radical (unpaired) electrons. The fourth-order valence-corrected chi connectivity index (χ4v) is 1.75. The molecule has 0 aromatic rings. The van der Waals surface area contributed by atoms with Gasteiger partial charge in [0.05, 0.1) is 25.9 Å². The Kier molecular flexibility index (Phi) is 2.98. The van der Waals surface area contributed by atoms with Crippen LogP contribution in [-0.2, 0) is 9.47 Å². The molecule has 0 aromatic carbocycles. The predicted octanol–water partition coefficient (Wildman–Crippen LogP) is -2.20. The second kappa shape index (κ2) is 3.97. The largest absolute Gasteiger partial charge is 0.394 e. The number of hydrogen-bond acceptors (Lipinski definition) is 6. The zero-order valence-corrected chi connectivity index (χ0v) is 8.59. The summed E-state index contributed by atoms with van der Waals surface area (Å²) in [4.78, 5) is 0. The molecule has 6 nitrogen and oxygen atoms in total. The Morgan fingerprint density at radius 1 is 1.40 bits per heavy atom. The van der Waals surface area contributed by atoms with Crippen molar-refractivity contribution in [1.82, 2.24) is 5.32 Å². The van der Waals surface area contributed by atoms with Gasteiger partial charge in [-0.15, -0.1) is 0 Å². The number of nitrogens with one attached hydrogen (secondary N) is 1. The molecule has 2 rings (SSSR count). The minimum absolute atomic E-state index is 0.252. The van der Waals surface area contributed by atoms with E-state index in [1.54, 1.807) is 0 Å². The Hall–Kier alpha value is -0.240. The molecule has 0 aliphatic carbocycles. The molecule has 15 heavy (non-hydrogen) atoms. The summed E-state index contributed by atoms with van der Waals surface area (Å²) in [5, 5.41) is 31.3. The number of hydrogen-bond donors (Lipinski definition) is 4. The third kappa shape index (κ3) is 2.30. The minimum atomic E-state index is -1.07. The van der Waals surface area contributed by atoms with Crippen molar-refractivity contribution in [2.24, 2.45) is 0 Å². The highest BCUT2D eigenvalue weighted by Crippen LogP contribution is 2.25. The molecule has 4 N–H and O–H groups in total. The van der Waals surface area contributed by atoms with Gasteiger partial charge < -0.3 is 24.8 Å². The van der Waals surface area contributed by atoms with Gasteiger partial charge in [0.2, 0.25) is 0 Å². The lowest BCUT2D eigenvalue weighted by molar-refractivity contribution is -0.164. The van der Waals surface area contributed by atoms with Crippen LogP contribution >= 0.6 is 0 Å². The van der Waals surface area contributed by atoms with E-state index in [1.807, 2.05) is 6.92 Å². The van der Waals surface area contributed by atoms with E-state index in [1.165, 1.54) is 0 Å². The molecule has 0 aromatic heterocycles. The Morgan fingerprint density at radius 3 is 2.60 bits per heavy atom. The van der Waals surface area contributed by atoms with Gasteiger partial charge in [-0.05, 0) is 6.92 Å². The fraction of sp³-hybridized carbons (Fsp3) is 1.00. The quantitative estimate of drug-likeness (QED) is 0.403. The van der Waals surface area contributed by atoms with E-state index in [0.717, 1.165) is 0 Å². The van der Waals surface area contributed by atoms with Crippen molar-refractivity contribution in [3.8, 4) is 0 Å². The van der Waals surface area contributed by atoms with E-state index in [9.17, 15) is 10.2 Å². The summed E-state index contributed by atoms with van der Waals surface area (Å²) in [6.07, 6.45) is -2.72. The second-order valence-corrected chi connectivity index (χ2v) is 4.31. The molecule has 0 bridgehead atoms. The maximum absolute atomic E-state index is 9.77. The lowest BCUT2D eigenvalue weighted by atomic mass is 9.98. The zero-order valence-electron chi connectivity index (χ0n) is 8.59. The smallest absolute Gasteiger partial charge is 0.140 e. The Morgan fingerprint density at radius 2 is 2.07 bits per heavy atom. The molecule has 88 valence electrons. The first kappa shape index (κ1) is 11.3. The summed E-state index contributed by atoms with van der Waals surface area (Å²) in [6, 6.07) is -0.365. The van der Waals surface area contributed by atoms with E-state index < -0.39 is 24.0 Å².